The van der Waals surface area contributed by atoms with Crippen LogP contribution in [0.1, 0.15) is 73.8 Å². The van der Waals surface area contributed by atoms with E-state index in [4.69, 9.17) is 0 Å². The average Bonchev–Trinajstić information content (AvgIpc) is 2.91. The van der Waals surface area contributed by atoms with Crippen molar-refractivity contribution in [3.63, 3.8) is 0 Å². The summed E-state index contributed by atoms with van der Waals surface area (Å²) in [6.45, 7) is 9.55. The Kier molecular flexibility index (Phi) is 10.9. The summed E-state index contributed by atoms with van der Waals surface area (Å²) >= 11 is 0. The summed E-state index contributed by atoms with van der Waals surface area (Å²) in [5.74, 6) is 0.393. The average molecular weight is 499 g/mol. The number of rotatable bonds is 13. The van der Waals surface area contributed by atoms with Crippen molar-refractivity contribution in [2.75, 3.05) is 6.54 Å². The lowest BCUT2D eigenvalue weighted by molar-refractivity contribution is -0.141. The van der Waals surface area contributed by atoms with Crippen LogP contribution in [0.2, 0.25) is 0 Å². The van der Waals surface area contributed by atoms with Gasteiger partial charge in [0.1, 0.15) is 6.04 Å². The number of nitrogens with one attached hydrogen (secondary N) is 1. The highest BCUT2D eigenvalue weighted by atomic mass is 16.2. The Morgan fingerprint density at radius 2 is 1.49 bits per heavy atom. The van der Waals surface area contributed by atoms with Gasteiger partial charge in [0.2, 0.25) is 11.8 Å². The number of benzene rings is 3. The van der Waals surface area contributed by atoms with Crippen molar-refractivity contribution >= 4 is 11.8 Å². The van der Waals surface area contributed by atoms with E-state index in [0.717, 1.165) is 29.5 Å². The molecular weight excluding hydrogens is 456 g/mol. The molecule has 0 heterocycles. The van der Waals surface area contributed by atoms with Crippen molar-refractivity contribution < 1.29 is 9.59 Å². The summed E-state index contributed by atoms with van der Waals surface area (Å²) in [7, 11) is 0. The van der Waals surface area contributed by atoms with Crippen molar-refractivity contribution in [2.45, 2.75) is 78.3 Å². The third-order valence-electron chi connectivity index (χ3n) is 6.85. The molecule has 4 heteroatoms. The van der Waals surface area contributed by atoms with E-state index >= 15 is 0 Å². The Labute approximate surface area is 223 Å². The molecule has 0 bridgehead atoms. The first-order chi connectivity index (χ1) is 17.9. The van der Waals surface area contributed by atoms with Gasteiger partial charge in [-0.15, -0.1) is 0 Å². The molecule has 1 N–H and O–H groups in total. The minimum atomic E-state index is -0.573. The highest BCUT2D eigenvalue weighted by Gasteiger charge is 2.30. The fourth-order valence-electron chi connectivity index (χ4n) is 4.41. The van der Waals surface area contributed by atoms with Gasteiger partial charge >= 0.3 is 0 Å². The van der Waals surface area contributed by atoms with Crippen molar-refractivity contribution in [3.05, 3.63) is 107 Å². The second kappa shape index (κ2) is 14.4. The molecule has 196 valence electrons. The molecule has 3 aromatic carbocycles. The van der Waals surface area contributed by atoms with Crippen molar-refractivity contribution in [2.24, 2.45) is 0 Å². The quantitative estimate of drug-likeness (QED) is 0.270. The van der Waals surface area contributed by atoms with Gasteiger partial charge in [-0.05, 0) is 47.9 Å². The number of hydrogen-bond donors (Lipinski definition) is 1. The molecule has 37 heavy (non-hydrogen) atoms. The van der Waals surface area contributed by atoms with Gasteiger partial charge in [0, 0.05) is 25.9 Å². The molecule has 0 spiro atoms. The Morgan fingerprint density at radius 1 is 0.838 bits per heavy atom. The lowest BCUT2D eigenvalue weighted by Gasteiger charge is -2.32. The minimum absolute atomic E-state index is 0.0000776. The van der Waals surface area contributed by atoms with Crippen LogP contribution in [0.3, 0.4) is 0 Å². The lowest BCUT2D eigenvalue weighted by Crippen LogP contribution is -2.50. The molecule has 3 aromatic rings. The number of hydrogen-bond acceptors (Lipinski definition) is 2. The lowest BCUT2D eigenvalue weighted by atomic mass is 9.99. The monoisotopic (exact) mass is 498 g/mol. The summed E-state index contributed by atoms with van der Waals surface area (Å²) in [6.07, 6.45) is 3.42. The van der Waals surface area contributed by atoms with E-state index in [1.54, 1.807) is 4.90 Å². The highest BCUT2D eigenvalue weighted by Crippen LogP contribution is 2.19. The Bertz CT molecular complexity index is 1110. The number of aryl methyl sites for hydroxylation is 2. The van der Waals surface area contributed by atoms with Gasteiger partial charge in [0.25, 0.3) is 0 Å². The SMILES string of the molecule is CCCCNC(=O)[C@H](Cc1ccccc1)N(Cc1ccc(C)cc1)C(=O)CCc1ccc(C(C)C)cc1. The zero-order valence-electron chi connectivity index (χ0n) is 22.9. The first-order valence-electron chi connectivity index (χ1n) is 13.6. The summed E-state index contributed by atoms with van der Waals surface area (Å²) in [4.78, 5) is 29.1. The molecule has 3 rings (SSSR count). The van der Waals surface area contributed by atoms with Crippen molar-refractivity contribution in [1.29, 1.82) is 0 Å². The van der Waals surface area contributed by atoms with Gasteiger partial charge < -0.3 is 10.2 Å². The van der Waals surface area contributed by atoms with Crippen molar-refractivity contribution in [1.82, 2.24) is 10.2 Å². The van der Waals surface area contributed by atoms with Gasteiger partial charge in [0.15, 0.2) is 0 Å². The second-order valence-corrected chi connectivity index (χ2v) is 10.3. The van der Waals surface area contributed by atoms with E-state index in [2.05, 4.69) is 81.5 Å². The third kappa shape index (κ3) is 8.89. The molecule has 0 aliphatic carbocycles. The Hall–Kier alpha value is -3.40. The largest absolute Gasteiger partial charge is 0.354 e. The van der Waals surface area contributed by atoms with Crippen LogP contribution < -0.4 is 5.32 Å². The number of nitrogens with zero attached hydrogens (tertiary/aromatic N) is 1. The van der Waals surface area contributed by atoms with Crippen LogP contribution in [0, 0.1) is 6.92 Å². The van der Waals surface area contributed by atoms with Crippen molar-refractivity contribution in [3.8, 4) is 0 Å². The van der Waals surface area contributed by atoms with Gasteiger partial charge in [-0.3, -0.25) is 9.59 Å². The van der Waals surface area contributed by atoms with E-state index in [1.165, 1.54) is 11.1 Å². The van der Waals surface area contributed by atoms with E-state index < -0.39 is 6.04 Å². The fraction of sp³-hybridized carbons (Fsp3) is 0.394. The van der Waals surface area contributed by atoms with Gasteiger partial charge in [-0.2, -0.15) is 0 Å². The van der Waals surface area contributed by atoms with Crippen LogP contribution in [0.4, 0.5) is 0 Å². The highest BCUT2D eigenvalue weighted by molar-refractivity contribution is 5.88. The maximum atomic E-state index is 13.8. The van der Waals surface area contributed by atoms with Crippen LogP contribution in [-0.4, -0.2) is 29.3 Å². The topological polar surface area (TPSA) is 49.4 Å². The molecular formula is C33H42N2O2. The number of carbonyl (C=O) groups is 2. The summed E-state index contributed by atoms with van der Waals surface area (Å²) in [5, 5.41) is 3.09. The molecule has 0 aromatic heterocycles. The molecule has 0 unspecified atom stereocenters. The van der Waals surface area contributed by atoms with Crippen LogP contribution in [-0.2, 0) is 29.0 Å². The Morgan fingerprint density at radius 3 is 2.11 bits per heavy atom. The van der Waals surface area contributed by atoms with E-state index in [9.17, 15) is 9.59 Å². The summed E-state index contributed by atoms with van der Waals surface area (Å²) in [5.41, 5.74) is 5.68. The number of unbranched alkanes of at least 4 members (excludes halogenated alkanes) is 1. The molecule has 4 nitrogen and oxygen atoms in total. The first kappa shape index (κ1) is 28.2. The van der Waals surface area contributed by atoms with E-state index in [-0.39, 0.29) is 11.8 Å². The molecule has 0 fully saturated rings. The van der Waals surface area contributed by atoms with Crippen LogP contribution in [0.25, 0.3) is 0 Å². The van der Waals surface area contributed by atoms with Gasteiger partial charge in [0.05, 0.1) is 0 Å². The zero-order chi connectivity index (χ0) is 26.6. The predicted octanol–water partition coefficient (Wildman–Crippen LogP) is 6.61. The van der Waals surface area contributed by atoms with E-state index in [1.807, 2.05) is 30.3 Å². The molecule has 1 atom stereocenters. The zero-order valence-corrected chi connectivity index (χ0v) is 22.9. The van der Waals surface area contributed by atoms with E-state index in [0.29, 0.717) is 38.3 Å². The molecule has 0 aliphatic heterocycles. The third-order valence-corrected chi connectivity index (χ3v) is 6.85. The number of carbonyl (C=O) groups excluding carboxylic acids is 2. The summed E-state index contributed by atoms with van der Waals surface area (Å²) < 4.78 is 0. The molecule has 2 amide bonds. The Balaban J connectivity index is 1.85. The normalized spacial score (nSPS) is 11.8. The van der Waals surface area contributed by atoms with Crippen LogP contribution in [0.5, 0.6) is 0 Å². The van der Waals surface area contributed by atoms with Gasteiger partial charge in [-0.25, -0.2) is 0 Å². The smallest absolute Gasteiger partial charge is 0.243 e. The molecule has 0 radical (unpaired) electrons. The van der Waals surface area contributed by atoms with Crippen LogP contribution >= 0.6 is 0 Å². The maximum Gasteiger partial charge on any atom is 0.243 e. The fourth-order valence-corrected chi connectivity index (χ4v) is 4.41. The molecule has 0 saturated heterocycles. The number of amides is 2. The maximum absolute atomic E-state index is 13.8. The second-order valence-electron chi connectivity index (χ2n) is 10.3. The van der Waals surface area contributed by atoms with Crippen LogP contribution in [0.15, 0.2) is 78.9 Å². The summed E-state index contributed by atoms with van der Waals surface area (Å²) in [6, 6.07) is 26.2. The standard InChI is InChI=1S/C33H42N2O2/c1-5-6-22-34-33(37)31(23-28-10-8-7-9-11-28)35(24-29-14-12-26(4)13-15-29)32(36)21-18-27-16-19-30(20-17-27)25(2)3/h7-17,19-20,25,31H,5-6,18,21-24H2,1-4H3,(H,34,37)/t31-/m0/s1. The predicted molar refractivity (Wildman–Crippen MR) is 152 cm³/mol. The minimum Gasteiger partial charge on any atom is -0.354 e. The molecule has 0 aliphatic rings. The molecule has 0 saturated carbocycles. The van der Waals surface area contributed by atoms with Gasteiger partial charge in [-0.1, -0.05) is 112 Å². The first-order valence-corrected chi connectivity index (χ1v) is 13.6.